The fourth-order valence-corrected chi connectivity index (χ4v) is 13.4. The topological polar surface area (TPSA) is 120 Å². The lowest BCUT2D eigenvalue weighted by Crippen LogP contribution is -2.21. The Morgan fingerprint density at radius 3 is 1.06 bits per heavy atom. The number of aliphatic hydroxyl groups is 1. The van der Waals surface area contributed by atoms with Gasteiger partial charge in [0.05, 0.1) is 33.3 Å². The van der Waals surface area contributed by atoms with E-state index in [1.807, 2.05) is 36.4 Å². The molecule has 12 aromatic rings. The number of nitrogens with zero attached hydrogens (tertiary/aromatic N) is 3. The number of hydrogen-bond donors (Lipinski definition) is 1. The van der Waals surface area contributed by atoms with E-state index in [4.69, 9.17) is 14.7 Å². The van der Waals surface area contributed by atoms with Gasteiger partial charge >= 0.3 is 0 Å². The highest BCUT2D eigenvalue weighted by Gasteiger charge is 2.29. The van der Waals surface area contributed by atoms with Gasteiger partial charge in [-0.1, -0.05) is 294 Å². The number of amides is 1. The van der Waals surface area contributed by atoms with Crippen molar-refractivity contribution in [3.8, 4) is 17.6 Å². The normalized spacial score (nSPS) is 12.4. The van der Waals surface area contributed by atoms with Gasteiger partial charge in [0, 0.05) is 69.3 Å². The van der Waals surface area contributed by atoms with Crippen LogP contribution in [0.5, 0.6) is 11.5 Å². The molecule has 9 nitrogen and oxygen atoms in total. The fourth-order valence-electron chi connectivity index (χ4n) is 13.4. The van der Waals surface area contributed by atoms with Crippen molar-refractivity contribution >= 4 is 87.8 Å². The molecule has 13 rings (SSSR count). The second kappa shape index (κ2) is 35.9. The largest absolute Gasteiger partial charge is 0.496 e. The Morgan fingerprint density at radius 2 is 0.712 bits per heavy atom. The Labute approximate surface area is 664 Å². The first-order chi connectivity index (χ1) is 51.9. The number of ketones is 2. The Kier molecular flexibility index (Phi) is 28.0. The Morgan fingerprint density at radius 1 is 0.396 bits per heavy atom. The summed E-state index contributed by atoms with van der Waals surface area (Å²) in [6.45, 7) is 41.6. The number of rotatable bonds is 11. The average molecular weight is 1490 g/mol. The zero-order valence-electron chi connectivity index (χ0n) is 71.3. The van der Waals surface area contributed by atoms with E-state index in [0.717, 1.165) is 73.7 Å². The molecule has 0 bridgehead atoms. The van der Waals surface area contributed by atoms with Gasteiger partial charge in [0.25, 0.3) is 5.91 Å². The first-order valence-corrected chi connectivity index (χ1v) is 39.1. The molecule has 0 aromatic heterocycles. The molecule has 1 N–H and O–H groups in total. The molecule has 12 aromatic carbocycles. The monoisotopic (exact) mass is 1490 g/mol. The average Bonchev–Trinajstić information content (AvgIpc) is 0.863. The van der Waals surface area contributed by atoms with Crippen LogP contribution in [0.1, 0.15) is 210 Å². The molecular formula is C102H123N3O6. The van der Waals surface area contributed by atoms with E-state index in [1.54, 1.807) is 40.1 Å². The van der Waals surface area contributed by atoms with Crippen molar-refractivity contribution in [3.05, 3.63) is 267 Å². The third-order valence-corrected chi connectivity index (χ3v) is 20.7. The molecule has 1 saturated carbocycles. The third-order valence-electron chi connectivity index (χ3n) is 20.7. The molecule has 0 aliphatic heterocycles. The summed E-state index contributed by atoms with van der Waals surface area (Å²) in [4.78, 5) is 38.7. The number of methoxy groups -OCH3 is 2. The van der Waals surface area contributed by atoms with Gasteiger partial charge in [-0.2, -0.15) is 5.26 Å². The van der Waals surface area contributed by atoms with E-state index < -0.39 is 0 Å². The zero-order valence-corrected chi connectivity index (χ0v) is 71.3. The summed E-state index contributed by atoms with van der Waals surface area (Å²) in [6, 6.07) is 74.7. The molecule has 0 atom stereocenters. The predicted octanol–water partition coefficient (Wildman–Crippen LogP) is 24.8. The lowest BCUT2D eigenvalue weighted by Gasteiger charge is -2.20. The van der Waals surface area contributed by atoms with E-state index in [2.05, 4.69) is 320 Å². The van der Waals surface area contributed by atoms with Gasteiger partial charge in [-0.15, -0.1) is 0 Å². The van der Waals surface area contributed by atoms with Gasteiger partial charge in [0.1, 0.15) is 23.1 Å². The lowest BCUT2D eigenvalue weighted by atomic mass is 9.85. The van der Waals surface area contributed by atoms with Gasteiger partial charge in [0.2, 0.25) is 0 Å². The molecule has 0 heterocycles. The molecule has 9 heteroatoms. The summed E-state index contributed by atoms with van der Waals surface area (Å²) in [5.74, 6) is 2.55. The number of carbonyl (C=O) groups excluding carboxylic acids is 3. The first-order valence-electron chi connectivity index (χ1n) is 39.1. The minimum Gasteiger partial charge on any atom is -0.496 e. The number of ether oxygens (including phenoxy) is 2. The maximum atomic E-state index is 11.9. The number of Topliss-reactive ketones (excluding diaryl/α,β-unsaturated/α-hetero) is 2. The molecule has 111 heavy (non-hydrogen) atoms. The molecule has 0 radical (unpaired) electrons. The molecule has 0 spiro atoms. The van der Waals surface area contributed by atoms with Crippen molar-refractivity contribution in [1.29, 1.82) is 5.26 Å². The van der Waals surface area contributed by atoms with Crippen molar-refractivity contribution in [2.75, 3.05) is 47.3 Å². The van der Waals surface area contributed by atoms with Crippen molar-refractivity contribution < 1.29 is 29.0 Å². The summed E-state index contributed by atoms with van der Waals surface area (Å²) in [7, 11) is 11.0. The van der Waals surface area contributed by atoms with E-state index in [-0.39, 0.29) is 50.8 Å². The van der Waals surface area contributed by atoms with E-state index in [0.29, 0.717) is 31.0 Å². The standard InChI is InChI=1S/C19H22O.C17H21NO.C17H19NO.C17H20O.C16H21N.C16H20O2/c1-19(2,3)17-9-8-15-10-13(4-5-16(15)12-17)11-18(20)14-6-7-14;1-17(2,3)15-9-8-12-10-14(16(19)18(4)5)7-6-13(12)11-15;1-17(2,3)13-6-7-14-12(11-13)5-8-16(19-4)15(14)9-10-18;1-12(18)9-13-5-6-15-11-16(17(2,3)4)8-7-14(15)10-13;1-16(2,3)14-8-6-13-11-15(17(4)5)9-7-12(13)10-14;1-16(2,3)12-6-7-13-11(9-12)5-8-15(18-4)14(13)10-17/h4-5,8-10,12,14H,6-7,11H2,1-3H3;6-11H,1-5H3;5-8,11H,9H2,1-4H3;5-8,10-11H,9H2,1-4H3;6-11H,1-5H3;5-9,17H,10H2,1-4H3. The minimum atomic E-state index is -0.00459. The molecule has 1 amide bonds. The Balaban J connectivity index is 0.000000167. The summed E-state index contributed by atoms with van der Waals surface area (Å²) < 4.78 is 10.6. The molecule has 1 aliphatic carbocycles. The van der Waals surface area contributed by atoms with Gasteiger partial charge in [-0.05, 0) is 198 Å². The van der Waals surface area contributed by atoms with Gasteiger partial charge in [-0.25, -0.2) is 0 Å². The predicted molar refractivity (Wildman–Crippen MR) is 472 cm³/mol. The number of fused-ring (bicyclic) bond motifs is 6. The van der Waals surface area contributed by atoms with E-state index in [1.165, 1.54) is 82.2 Å². The second-order valence-electron chi connectivity index (χ2n) is 36.6. The summed E-state index contributed by atoms with van der Waals surface area (Å²) in [6.07, 6.45) is 3.69. The van der Waals surface area contributed by atoms with Gasteiger partial charge in [-0.3, -0.25) is 14.4 Å². The van der Waals surface area contributed by atoms with Crippen LogP contribution >= 0.6 is 0 Å². The van der Waals surface area contributed by atoms with Gasteiger partial charge < -0.3 is 24.4 Å². The highest BCUT2D eigenvalue weighted by molar-refractivity contribution is 5.99. The molecule has 1 aliphatic rings. The lowest BCUT2D eigenvalue weighted by molar-refractivity contribution is -0.119. The van der Waals surface area contributed by atoms with Crippen LogP contribution < -0.4 is 14.4 Å². The maximum absolute atomic E-state index is 11.9. The third kappa shape index (κ3) is 23.5. The Bertz CT molecular complexity index is 5330. The van der Waals surface area contributed by atoms with Crippen LogP contribution in [0.2, 0.25) is 0 Å². The van der Waals surface area contributed by atoms with Crippen LogP contribution in [0.15, 0.2) is 206 Å². The highest BCUT2D eigenvalue weighted by Crippen LogP contribution is 2.37. The molecule has 582 valence electrons. The second-order valence-corrected chi connectivity index (χ2v) is 36.6. The van der Waals surface area contributed by atoms with Gasteiger partial charge in [0.15, 0.2) is 0 Å². The van der Waals surface area contributed by atoms with Crippen LogP contribution in [-0.4, -0.2) is 69.9 Å². The molecule has 1 fully saturated rings. The van der Waals surface area contributed by atoms with Crippen molar-refractivity contribution in [3.63, 3.8) is 0 Å². The maximum Gasteiger partial charge on any atom is 0.253 e. The molecular weight excluding hydrogens is 1360 g/mol. The smallest absolute Gasteiger partial charge is 0.253 e. The molecule has 0 saturated heterocycles. The van der Waals surface area contributed by atoms with Crippen molar-refractivity contribution in [2.24, 2.45) is 5.92 Å². The van der Waals surface area contributed by atoms with Crippen LogP contribution in [0, 0.1) is 17.2 Å². The number of carbonyl (C=O) groups is 3. The SMILES string of the molecule is CC(=O)Cc1ccc2cc(C(C)(C)C)ccc2c1.CC(C)(C)c1ccc2cc(CC(=O)C3CC3)ccc2c1.CN(C)C(=O)c1ccc2cc(C(C)(C)C)ccc2c1.CN(C)c1ccc2cc(C(C)(C)C)ccc2c1.COc1ccc2cc(C(C)(C)C)ccc2c1CC#N.COc1ccc2cc(C(C)(C)C)ccc2c1CO. The number of hydrogen-bond acceptors (Lipinski definition) is 8. The Hall–Kier alpha value is -10.1. The van der Waals surface area contributed by atoms with Crippen LogP contribution in [0.3, 0.4) is 0 Å². The fraction of sp³-hybridized carbons (Fsp3) is 0.373. The molecule has 0 unspecified atom stereocenters. The van der Waals surface area contributed by atoms with E-state index >= 15 is 0 Å². The van der Waals surface area contributed by atoms with Crippen LogP contribution in [0.4, 0.5) is 5.69 Å². The number of anilines is 1. The van der Waals surface area contributed by atoms with Crippen LogP contribution in [0.25, 0.3) is 64.6 Å². The van der Waals surface area contributed by atoms with Crippen LogP contribution in [-0.2, 0) is 67.9 Å². The van der Waals surface area contributed by atoms with Crippen molar-refractivity contribution in [2.45, 2.75) is 203 Å². The summed E-state index contributed by atoms with van der Waals surface area (Å²) in [5, 5.41) is 32.8. The van der Waals surface area contributed by atoms with E-state index in [9.17, 15) is 19.5 Å². The quantitative estimate of drug-likeness (QED) is 0.136. The van der Waals surface area contributed by atoms with Crippen molar-refractivity contribution in [1.82, 2.24) is 4.90 Å². The number of nitriles is 1. The number of benzene rings is 12. The minimum absolute atomic E-state index is 0.00459. The highest BCUT2D eigenvalue weighted by atomic mass is 16.5. The zero-order chi connectivity index (χ0) is 81.9. The first kappa shape index (κ1) is 86.5. The number of aliphatic hydroxyl groups excluding tert-OH is 1. The summed E-state index contributed by atoms with van der Waals surface area (Å²) >= 11 is 0. The summed E-state index contributed by atoms with van der Waals surface area (Å²) in [5.41, 5.74) is 15.0.